The summed E-state index contributed by atoms with van der Waals surface area (Å²) in [7, 11) is 7.75. The summed E-state index contributed by atoms with van der Waals surface area (Å²) in [6.07, 6.45) is 0. The number of nitrogens with zero attached hydrogens (tertiary/aromatic N) is 5. The monoisotopic (exact) mass is 290 g/mol. The predicted octanol–water partition coefficient (Wildman–Crippen LogP) is -0.217. The Kier molecular flexibility index (Phi) is 4.77. The zero-order chi connectivity index (χ0) is 15.4. The molecule has 1 aromatic heterocycles. The number of hydrogen-bond donors (Lipinski definition) is 0. The van der Waals surface area contributed by atoms with Crippen LogP contribution in [0.4, 0.5) is 0 Å². The van der Waals surface area contributed by atoms with Gasteiger partial charge in [0.25, 0.3) is 0 Å². The summed E-state index contributed by atoms with van der Waals surface area (Å²) in [6.45, 7) is 1.19. The number of fused-ring (bicyclic) bond motifs is 1. The third-order valence-electron chi connectivity index (χ3n) is 2.74. The minimum Gasteiger partial charge on any atom is -0.298 e. The molecule has 0 amide bonds. The average Bonchev–Trinajstić information content (AvgIpc) is 2.41. The van der Waals surface area contributed by atoms with E-state index in [4.69, 9.17) is 4.53 Å². The second-order valence-corrected chi connectivity index (χ2v) is 5.39. The average molecular weight is 290 g/mol. The summed E-state index contributed by atoms with van der Waals surface area (Å²) in [5.41, 5.74) is 0.250. The van der Waals surface area contributed by atoms with Gasteiger partial charge in [-0.1, -0.05) is 16.7 Å². The molecule has 112 valence electrons. The van der Waals surface area contributed by atoms with Gasteiger partial charge in [-0.25, -0.2) is 0 Å². The molecule has 21 heavy (non-hydrogen) atoms. The van der Waals surface area contributed by atoms with Crippen molar-refractivity contribution in [1.29, 1.82) is 0 Å². The Morgan fingerprint density at radius 1 is 1.14 bits per heavy atom. The van der Waals surface area contributed by atoms with E-state index in [2.05, 4.69) is 10.3 Å². The number of likely N-dealkylation sites (N-methyl/N-ethyl adjacent to an activating group) is 2. The van der Waals surface area contributed by atoms with Crippen LogP contribution in [0.2, 0.25) is 0 Å². The first kappa shape index (κ1) is 15.3. The van der Waals surface area contributed by atoms with E-state index in [1.807, 2.05) is 44.1 Å². The topological polar surface area (TPSA) is 65.6 Å². The van der Waals surface area contributed by atoms with Crippen LogP contribution < -0.4 is 5.56 Å². The number of aromatic nitrogens is 3. The van der Waals surface area contributed by atoms with Crippen molar-refractivity contribution in [3.63, 3.8) is 0 Å². The molecular weight excluding hydrogens is 270 g/mol. The van der Waals surface area contributed by atoms with Crippen LogP contribution in [0.25, 0.3) is 10.9 Å². The number of hydrogen-bond acceptors (Lipinski definition) is 5. The molecule has 0 saturated carbocycles. The van der Waals surface area contributed by atoms with E-state index in [1.54, 1.807) is 18.2 Å². The van der Waals surface area contributed by atoms with Gasteiger partial charge in [0.2, 0.25) is 0 Å². The van der Waals surface area contributed by atoms with Crippen LogP contribution >= 0.6 is 0 Å². The second kappa shape index (κ2) is 6.55. The molecule has 0 fully saturated rings. The first-order valence-corrected chi connectivity index (χ1v) is 6.64. The van der Waals surface area contributed by atoms with Gasteiger partial charge < -0.3 is 0 Å². The fraction of sp³-hybridized carbons (Fsp3) is 0.429. The molecule has 0 aliphatic rings. The van der Waals surface area contributed by atoms with Crippen molar-refractivity contribution in [3.05, 3.63) is 34.6 Å². The van der Waals surface area contributed by atoms with Gasteiger partial charge in [0.1, 0.15) is 18.6 Å². The van der Waals surface area contributed by atoms with Crippen LogP contribution in [0.5, 0.6) is 0 Å². The lowest BCUT2D eigenvalue weighted by Crippen LogP contribution is -2.35. The van der Waals surface area contributed by atoms with E-state index in [0.29, 0.717) is 24.0 Å². The zero-order valence-corrected chi connectivity index (χ0v) is 12.8. The van der Waals surface area contributed by atoms with Gasteiger partial charge in [-0.05, 0) is 40.3 Å². The predicted molar refractivity (Wildman–Crippen MR) is 81.3 cm³/mol. The summed E-state index contributed by atoms with van der Waals surface area (Å²) < 4.78 is 5.64. The van der Waals surface area contributed by atoms with E-state index in [0.717, 1.165) is 10.6 Å². The van der Waals surface area contributed by atoms with Crippen molar-refractivity contribution >= 4 is 16.7 Å². The number of rotatable bonds is 5. The molecule has 0 saturated heterocycles. The lowest BCUT2D eigenvalue weighted by molar-refractivity contribution is -0.542. The van der Waals surface area contributed by atoms with Crippen LogP contribution in [0.15, 0.2) is 29.1 Å². The minimum absolute atomic E-state index is 0.310. The summed E-state index contributed by atoms with van der Waals surface area (Å²) >= 11 is 0. The summed E-state index contributed by atoms with van der Waals surface area (Å²) in [5.74, 6) is 0.719. The maximum absolute atomic E-state index is 12.3. The standard InChI is InChI=1S/C14H20N5O2/c1-17(2)9-11(10-18(3)4)21-19-14(20)12-7-5-6-8-13(12)15-16-19/h5-8H,9-10H2,1-4H3/q+1. The molecule has 2 rings (SSSR count). The van der Waals surface area contributed by atoms with Gasteiger partial charge in [-0.3, -0.25) is 14.6 Å². The van der Waals surface area contributed by atoms with Crippen molar-refractivity contribution in [2.75, 3.05) is 41.3 Å². The molecule has 1 aromatic carbocycles. The van der Waals surface area contributed by atoms with Crippen LogP contribution in [-0.2, 0) is 4.53 Å². The van der Waals surface area contributed by atoms with Crippen molar-refractivity contribution < 1.29 is 4.53 Å². The van der Waals surface area contributed by atoms with Crippen molar-refractivity contribution in [2.45, 2.75) is 0 Å². The molecular formula is C14H20N5O2+. The van der Waals surface area contributed by atoms with Crippen LogP contribution in [0.3, 0.4) is 0 Å². The fourth-order valence-corrected chi connectivity index (χ4v) is 1.97. The normalized spacial score (nSPS) is 11.3. The Hall–Kier alpha value is -2.12. The SMILES string of the molecule is CN(C)CC(CN(C)C)=[O+]n1nnc2ccccc2c1=O. The van der Waals surface area contributed by atoms with Gasteiger partial charge in [-0.15, -0.1) is 5.10 Å². The Labute approximate surface area is 123 Å². The Morgan fingerprint density at radius 3 is 2.38 bits per heavy atom. The summed E-state index contributed by atoms with van der Waals surface area (Å²) in [4.78, 5) is 17.2. The summed E-state index contributed by atoms with van der Waals surface area (Å²) in [6, 6.07) is 7.07. The molecule has 0 atom stereocenters. The molecule has 0 bridgehead atoms. The Morgan fingerprint density at radius 2 is 1.76 bits per heavy atom. The highest BCUT2D eigenvalue weighted by molar-refractivity contribution is 5.82. The van der Waals surface area contributed by atoms with Crippen molar-refractivity contribution in [1.82, 2.24) is 25.0 Å². The third kappa shape index (κ3) is 3.93. The van der Waals surface area contributed by atoms with Crippen LogP contribution in [0.1, 0.15) is 0 Å². The molecule has 2 aromatic rings. The Balaban J connectivity index is 2.45. The second-order valence-electron chi connectivity index (χ2n) is 5.39. The fourth-order valence-electron chi connectivity index (χ4n) is 1.97. The smallest absolute Gasteiger partial charge is 0.298 e. The molecule has 0 spiro atoms. The largest absolute Gasteiger partial charge is 0.379 e. The number of ketones is 1. The van der Waals surface area contributed by atoms with Crippen molar-refractivity contribution in [3.8, 4) is 0 Å². The van der Waals surface area contributed by atoms with Crippen molar-refractivity contribution in [2.24, 2.45) is 0 Å². The quantitative estimate of drug-likeness (QED) is 0.713. The van der Waals surface area contributed by atoms with E-state index < -0.39 is 0 Å². The Bertz CT molecular complexity index is 694. The molecule has 0 radical (unpaired) electrons. The highest BCUT2D eigenvalue weighted by atomic mass is 16.6. The lowest BCUT2D eigenvalue weighted by Gasteiger charge is -2.08. The van der Waals surface area contributed by atoms with Gasteiger partial charge in [-0.2, -0.15) is 0 Å². The zero-order valence-electron chi connectivity index (χ0n) is 12.8. The van der Waals surface area contributed by atoms with Crippen LogP contribution in [-0.4, -0.2) is 72.0 Å². The summed E-state index contributed by atoms with van der Waals surface area (Å²) in [5, 5.41) is 8.32. The number of carbonyl (C=O) groups excluding carboxylic acids is 1. The molecule has 0 aliphatic heterocycles. The lowest BCUT2D eigenvalue weighted by atomic mass is 10.2. The maximum atomic E-state index is 12.3. The number of benzene rings is 1. The first-order valence-electron chi connectivity index (χ1n) is 6.64. The molecule has 0 unspecified atom stereocenters. The van der Waals surface area contributed by atoms with E-state index in [-0.39, 0.29) is 5.56 Å². The first-order chi connectivity index (χ1) is 9.97. The highest BCUT2D eigenvalue weighted by Gasteiger charge is 2.20. The van der Waals surface area contributed by atoms with Gasteiger partial charge in [0.15, 0.2) is 4.85 Å². The van der Waals surface area contributed by atoms with Gasteiger partial charge in [0, 0.05) is 5.21 Å². The molecule has 7 nitrogen and oxygen atoms in total. The van der Waals surface area contributed by atoms with Crippen LogP contribution in [0, 0.1) is 0 Å². The molecule has 7 heteroatoms. The van der Waals surface area contributed by atoms with Gasteiger partial charge in [0.05, 0.1) is 5.39 Å². The molecule has 1 heterocycles. The van der Waals surface area contributed by atoms with E-state index in [1.165, 1.54) is 0 Å². The maximum Gasteiger partial charge on any atom is 0.379 e. The van der Waals surface area contributed by atoms with E-state index in [9.17, 15) is 4.79 Å². The highest BCUT2D eigenvalue weighted by Crippen LogP contribution is 2.02. The van der Waals surface area contributed by atoms with Gasteiger partial charge >= 0.3 is 11.3 Å². The molecule has 0 N–H and O–H groups in total. The minimum atomic E-state index is -0.310. The molecule has 0 aliphatic carbocycles. The third-order valence-corrected chi connectivity index (χ3v) is 2.74. The van der Waals surface area contributed by atoms with E-state index >= 15 is 0 Å².